The molecule has 0 amide bonds. The van der Waals surface area contributed by atoms with Gasteiger partial charge in [0.25, 0.3) is 10.0 Å². The molecule has 3 rings (SSSR count). The molecule has 0 aliphatic carbocycles. The Kier molecular flexibility index (Phi) is 7.48. The lowest BCUT2D eigenvalue weighted by molar-refractivity contribution is 0.586. The molecule has 3 aromatic rings. The van der Waals surface area contributed by atoms with E-state index in [0.29, 0.717) is 12.1 Å². The van der Waals surface area contributed by atoms with Crippen molar-refractivity contribution in [1.82, 2.24) is 14.3 Å². The van der Waals surface area contributed by atoms with Crippen molar-refractivity contribution in [2.75, 3.05) is 24.7 Å². The Balaban J connectivity index is 0.00000341. The highest BCUT2D eigenvalue weighted by atomic mass is 35.5. The Labute approximate surface area is 187 Å². The Hall–Kier alpha value is -2.47. The van der Waals surface area contributed by atoms with Crippen molar-refractivity contribution in [3.05, 3.63) is 66.4 Å². The van der Waals surface area contributed by atoms with Crippen molar-refractivity contribution in [3.63, 3.8) is 0 Å². The van der Waals surface area contributed by atoms with Gasteiger partial charge in [0.1, 0.15) is 10.7 Å². The first-order valence-corrected chi connectivity index (χ1v) is 12.1. The van der Waals surface area contributed by atoms with Gasteiger partial charge >= 0.3 is 0 Å². The van der Waals surface area contributed by atoms with E-state index in [9.17, 15) is 21.2 Å². The van der Waals surface area contributed by atoms with Crippen molar-refractivity contribution >= 4 is 38.1 Å². The molecule has 0 fully saturated rings. The molecule has 0 bridgehead atoms. The molecule has 2 aromatic heterocycles. The van der Waals surface area contributed by atoms with Crippen molar-refractivity contribution in [2.24, 2.45) is 0 Å². The fraction of sp³-hybridized carbons (Fsp3) is 0.211. The van der Waals surface area contributed by atoms with Crippen molar-refractivity contribution in [2.45, 2.75) is 11.4 Å². The van der Waals surface area contributed by atoms with Crippen LogP contribution in [0.5, 0.6) is 0 Å². The molecule has 12 heteroatoms. The highest BCUT2D eigenvalue weighted by Crippen LogP contribution is 2.30. The zero-order valence-electron chi connectivity index (χ0n) is 17.0. The molecular formula is C19H22ClFN4O4S2. The van der Waals surface area contributed by atoms with Crippen LogP contribution in [0.4, 0.5) is 10.1 Å². The second kappa shape index (κ2) is 9.35. The fourth-order valence-electron chi connectivity index (χ4n) is 2.89. The summed E-state index contributed by atoms with van der Waals surface area (Å²) < 4.78 is 66.8. The van der Waals surface area contributed by atoms with Crippen LogP contribution in [0.2, 0.25) is 0 Å². The maximum absolute atomic E-state index is 14.4. The minimum Gasteiger partial charge on any atom is -0.316 e. The summed E-state index contributed by atoms with van der Waals surface area (Å²) in [5.74, 6) is -0.563. The van der Waals surface area contributed by atoms with Crippen LogP contribution in [0.15, 0.2) is 59.9 Å². The number of halogens is 2. The maximum Gasteiger partial charge on any atom is 0.269 e. The molecule has 0 spiro atoms. The number of pyridine rings is 1. The summed E-state index contributed by atoms with van der Waals surface area (Å²) in [7, 11) is -4.79. The standard InChI is InChI=1S/C19H21FN4O4S2.ClH/c1-21-10-14-8-19(17-6-4-5-7-18(17)20)24(13-14)30(27,28)16-9-15(11-22-12-16)23(2)29(3,25)26;/h4-9,11-13,21H,10H2,1-3H3;1H. The van der Waals surface area contributed by atoms with Gasteiger partial charge in [0.2, 0.25) is 10.0 Å². The zero-order valence-corrected chi connectivity index (χ0v) is 19.4. The van der Waals surface area contributed by atoms with E-state index in [1.807, 2.05) is 0 Å². The van der Waals surface area contributed by atoms with Gasteiger partial charge in [0, 0.05) is 31.5 Å². The minimum absolute atomic E-state index is 0. The third-order valence-electron chi connectivity index (χ3n) is 4.49. The van der Waals surface area contributed by atoms with Crippen LogP contribution in [-0.2, 0) is 26.6 Å². The van der Waals surface area contributed by atoms with Gasteiger partial charge in [-0.05, 0) is 36.9 Å². The number of sulfonamides is 1. The molecular weight excluding hydrogens is 467 g/mol. The second-order valence-electron chi connectivity index (χ2n) is 6.65. The van der Waals surface area contributed by atoms with E-state index < -0.39 is 25.9 Å². The SMILES string of the molecule is CNCc1cc(-c2ccccc2F)n(S(=O)(=O)c2cncc(N(C)S(C)(=O)=O)c2)c1.Cl. The third-order valence-corrected chi connectivity index (χ3v) is 7.33. The molecule has 0 saturated heterocycles. The van der Waals surface area contributed by atoms with Crippen LogP contribution in [0.25, 0.3) is 11.3 Å². The number of rotatable bonds is 7. The topological polar surface area (TPSA) is 101 Å². The van der Waals surface area contributed by atoms with Crippen LogP contribution in [0, 0.1) is 5.82 Å². The normalized spacial score (nSPS) is 11.7. The Bertz CT molecular complexity index is 1290. The summed E-state index contributed by atoms with van der Waals surface area (Å²) in [6, 6.07) is 8.68. The number of nitrogens with zero attached hydrogens (tertiary/aromatic N) is 3. The molecule has 1 aromatic carbocycles. The quantitative estimate of drug-likeness (QED) is 0.548. The largest absolute Gasteiger partial charge is 0.316 e. The number of nitrogens with one attached hydrogen (secondary N) is 1. The second-order valence-corrected chi connectivity index (χ2v) is 10.5. The number of benzene rings is 1. The first kappa shape index (κ1) is 24.8. The van der Waals surface area contributed by atoms with Crippen LogP contribution in [-0.4, -0.2) is 46.1 Å². The van der Waals surface area contributed by atoms with E-state index in [4.69, 9.17) is 0 Å². The molecule has 0 atom stereocenters. The minimum atomic E-state index is -4.20. The number of anilines is 1. The van der Waals surface area contributed by atoms with Gasteiger partial charge in [-0.1, -0.05) is 12.1 Å². The molecule has 0 radical (unpaired) electrons. The Morgan fingerprint density at radius 2 is 1.81 bits per heavy atom. The monoisotopic (exact) mass is 488 g/mol. The summed E-state index contributed by atoms with van der Waals surface area (Å²) >= 11 is 0. The average Bonchev–Trinajstić information content (AvgIpc) is 3.12. The van der Waals surface area contributed by atoms with Gasteiger partial charge in [0.05, 0.1) is 23.8 Å². The molecule has 31 heavy (non-hydrogen) atoms. The first-order chi connectivity index (χ1) is 14.1. The summed E-state index contributed by atoms with van der Waals surface area (Å²) in [4.78, 5) is 3.67. The van der Waals surface area contributed by atoms with Crippen LogP contribution >= 0.6 is 12.4 Å². The molecule has 168 valence electrons. The predicted molar refractivity (Wildman–Crippen MR) is 120 cm³/mol. The molecule has 0 saturated carbocycles. The van der Waals surface area contributed by atoms with Crippen molar-refractivity contribution < 1.29 is 21.2 Å². The number of aromatic nitrogens is 2. The van der Waals surface area contributed by atoms with Crippen molar-refractivity contribution in [3.8, 4) is 11.3 Å². The van der Waals surface area contributed by atoms with E-state index in [1.165, 1.54) is 43.7 Å². The third kappa shape index (κ3) is 5.06. The van der Waals surface area contributed by atoms with Crippen LogP contribution in [0.1, 0.15) is 5.56 Å². The maximum atomic E-state index is 14.4. The Morgan fingerprint density at radius 1 is 1.13 bits per heavy atom. The van der Waals surface area contributed by atoms with Crippen LogP contribution < -0.4 is 9.62 Å². The van der Waals surface area contributed by atoms with Gasteiger partial charge in [-0.3, -0.25) is 9.29 Å². The summed E-state index contributed by atoms with van der Waals surface area (Å²) in [6.45, 7) is 0.374. The predicted octanol–water partition coefficient (Wildman–Crippen LogP) is 2.46. The average molecular weight is 489 g/mol. The van der Waals surface area contributed by atoms with Crippen molar-refractivity contribution in [1.29, 1.82) is 0 Å². The highest BCUT2D eigenvalue weighted by Gasteiger charge is 2.25. The molecule has 2 heterocycles. The fourth-order valence-corrected chi connectivity index (χ4v) is 4.75. The lowest BCUT2D eigenvalue weighted by Crippen LogP contribution is -2.25. The van der Waals surface area contributed by atoms with Gasteiger partial charge in [-0.15, -0.1) is 12.4 Å². The van der Waals surface area contributed by atoms with E-state index in [0.717, 1.165) is 20.7 Å². The highest BCUT2D eigenvalue weighted by molar-refractivity contribution is 7.92. The molecule has 8 nitrogen and oxygen atoms in total. The van der Waals surface area contributed by atoms with Gasteiger partial charge in [-0.25, -0.2) is 25.2 Å². The lowest BCUT2D eigenvalue weighted by Gasteiger charge is -2.17. The van der Waals surface area contributed by atoms with E-state index >= 15 is 0 Å². The summed E-state index contributed by atoms with van der Waals surface area (Å²) in [6.07, 6.45) is 4.78. The van der Waals surface area contributed by atoms with Gasteiger partial charge in [-0.2, -0.15) is 0 Å². The van der Waals surface area contributed by atoms with Gasteiger partial charge < -0.3 is 5.32 Å². The van der Waals surface area contributed by atoms with Gasteiger partial charge in [0.15, 0.2) is 0 Å². The number of hydrogen-bond acceptors (Lipinski definition) is 6. The summed E-state index contributed by atoms with van der Waals surface area (Å²) in [5.41, 5.74) is 1.01. The van der Waals surface area contributed by atoms with E-state index in [2.05, 4.69) is 10.3 Å². The first-order valence-electron chi connectivity index (χ1n) is 8.81. The zero-order chi connectivity index (χ0) is 22.1. The lowest BCUT2D eigenvalue weighted by atomic mass is 10.1. The van der Waals surface area contributed by atoms with E-state index in [1.54, 1.807) is 19.2 Å². The molecule has 0 unspecified atom stereocenters. The smallest absolute Gasteiger partial charge is 0.269 e. The molecule has 1 N–H and O–H groups in total. The van der Waals surface area contributed by atoms with E-state index in [-0.39, 0.29) is 34.2 Å². The molecule has 0 aliphatic heterocycles. The molecule has 0 aliphatic rings. The summed E-state index contributed by atoms with van der Waals surface area (Å²) in [5, 5.41) is 2.93. The van der Waals surface area contributed by atoms with Crippen LogP contribution in [0.3, 0.4) is 0 Å². The number of hydrogen-bond donors (Lipinski definition) is 1. The Morgan fingerprint density at radius 3 is 2.42 bits per heavy atom.